The molecule has 17 heavy (non-hydrogen) atoms. The Morgan fingerprint density at radius 1 is 1.24 bits per heavy atom. The molecule has 2 heteroatoms. The molecular weight excluding hydrogens is 315 g/mol. The summed E-state index contributed by atoms with van der Waals surface area (Å²) in [6.45, 7) is 0. The van der Waals surface area contributed by atoms with E-state index >= 15 is 0 Å². The van der Waals surface area contributed by atoms with Gasteiger partial charge in [-0.2, -0.15) is 0 Å². The molecule has 0 radical (unpaired) electrons. The SMILES string of the molecule is COC=[C](CC#Cc1ccccc1)[Sn]([CH3])([CH3])[CH3]. The third-order valence-electron chi connectivity index (χ3n) is 2.51. The summed E-state index contributed by atoms with van der Waals surface area (Å²) in [6, 6.07) is 10.1. The molecular formula is C15H20OSn. The van der Waals surface area contributed by atoms with Crippen LogP contribution in [0.15, 0.2) is 40.2 Å². The number of hydrogen-bond acceptors (Lipinski definition) is 1. The van der Waals surface area contributed by atoms with E-state index in [9.17, 15) is 0 Å². The van der Waals surface area contributed by atoms with Gasteiger partial charge < -0.3 is 0 Å². The number of benzene rings is 1. The average Bonchev–Trinajstić information content (AvgIpc) is 2.28. The summed E-state index contributed by atoms with van der Waals surface area (Å²) in [5, 5.41) is 0. The second kappa shape index (κ2) is 6.76. The number of allylic oxidation sites excluding steroid dienone is 1. The minimum atomic E-state index is -2.03. The molecule has 0 spiro atoms. The molecule has 1 aromatic carbocycles. The van der Waals surface area contributed by atoms with Crippen molar-refractivity contribution in [3.8, 4) is 11.8 Å². The molecule has 0 fully saturated rings. The van der Waals surface area contributed by atoms with Gasteiger partial charge in [0.2, 0.25) is 0 Å². The van der Waals surface area contributed by atoms with E-state index in [-0.39, 0.29) is 0 Å². The van der Waals surface area contributed by atoms with Crippen LogP contribution >= 0.6 is 0 Å². The van der Waals surface area contributed by atoms with Crippen LogP contribution < -0.4 is 0 Å². The van der Waals surface area contributed by atoms with Crippen LogP contribution in [0.4, 0.5) is 0 Å². The van der Waals surface area contributed by atoms with Crippen LogP contribution in [0.1, 0.15) is 12.0 Å². The topological polar surface area (TPSA) is 9.23 Å². The van der Waals surface area contributed by atoms with Crippen molar-refractivity contribution < 1.29 is 4.74 Å². The first-order valence-electron chi connectivity index (χ1n) is 5.80. The molecule has 0 aliphatic heterocycles. The van der Waals surface area contributed by atoms with Crippen LogP contribution in [0.25, 0.3) is 0 Å². The summed E-state index contributed by atoms with van der Waals surface area (Å²) in [5.41, 5.74) is 1.08. The third-order valence-corrected chi connectivity index (χ3v) is 8.85. The molecule has 0 N–H and O–H groups in total. The number of methoxy groups -OCH3 is 1. The molecule has 0 saturated heterocycles. The maximum atomic E-state index is 5.16. The zero-order valence-electron chi connectivity index (χ0n) is 11.1. The van der Waals surface area contributed by atoms with Gasteiger partial charge in [0.1, 0.15) is 0 Å². The Morgan fingerprint density at radius 3 is 2.41 bits per heavy atom. The van der Waals surface area contributed by atoms with Gasteiger partial charge in [0.15, 0.2) is 0 Å². The second-order valence-corrected chi connectivity index (χ2v) is 19.6. The molecule has 1 aromatic rings. The number of rotatable bonds is 3. The van der Waals surface area contributed by atoms with Gasteiger partial charge in [0.05, 0.1) is 0 Å². The average molecular weight is 335 g/mol. The Hall–Kier alpha value is -0.881. The van der Waals surface area contributed by atoms with Gasteiger partial charge >= 0.3 is 109 Å². The zero-order valence-corrected chi connectivity index (χ0v) is 13.9. The van der Waals surface area contributed by atoms with Crippen molar-refractivity contribution in [2.24, 2.45) is 0 Å². The Bertz CT molecular complexity index is 429. The minimum absolute atomic E-state index is 0.836. The van der Waals surface area contributed by atoms with E-state index in [1.165, 1.54) is 3.59 Å². The Morgan fingerprint density at radius 2 is 1.88 bits per heavy atom. The van der Waals surface area contributed by atoms with Crippen molar-refractivity contribution >= 4 is 18.4 Å². The van der Waals surface area contributed by atoms with Crippen molar-refractivity contribution in [3.05, 3.63) is 45.7 Å². The summed E-state index contributed by atoms with van der Waals surface area (Å²) in [6.07, 6.45) is 2.73. The first-order chi connectivity index (χ1) is 8.04. The molecule has 90 valence electrons. The molecule has 0 bridgehead atoms. The molecule has 1 rings (SSSR count). The van der Waals surface area contributed by atoms with E-state index in [2.05, 4.69) is 26.7 Å². The summed E-state index contributed by atoms with van der Waals surface area (Å²) in [7, 11) is 1.71. The fourth-order valence-electron chi connectivity index (χ4n) is 1.39. The standard InChI is InChI=1S/C12H11O.3CH3.Sn/c1-13-11-7-3-6-10-12-8-4-2-5-9-12;;;;/h2,4-5,8-9,11H,3H2,1H3;3*1H3;. The summed E-state index contributed by atoms with van der Waals surface area (Å²) in [4.78, 5) is 7.14. The van der Waals surface area contributed by atoms with Crippen LogP contribution in [0.5, 0.6) is 0 Å². The second-order valence-electron chi connectivity index (χ2n) is 4.97. The summed E-state index contributed by atoms with van der Waals surface area (Å²) in [5.74, 6) is 6.44. The van der Waals surface area contributed by atoms with Gasteiger partial charge in [-0.1, -0.05) is 0 Å². The summed E-state index contributed by atoms with van der Waals surface area (Å²) >= 11 is -2.03. The number of ether oxygens (including phenoxy) is 1. The van der Waals surface area contributed by atoms with Crippen molar-refractivity contribution in [2.45, 2.75) is 21.2 Å². The van der Waals surface area contributed by atoms with E-state index in [0.29, 0.717) is 0 Å². The van der Waals surface area contributed by atoms with E-state index in [1.807, 2.05) is 36.6 Å². The first kappa shape index (κ1) is 14.2. The monoisotopic (exact) mass is 336 g/mol. The normalized spacial score (nSPS) is 11.6. The predicted octanol–water partition coefficient (Wildman–Crippen LogP) is 3.84. The van der Waals surface area contributed by atoms with Crippen LogP contribution in [0.2, 0.25) is 14.8 Å². The molecule has 0 saturated carbocycles. The van der Waals surface area contributed by atoms with E-state index in [4.69, 9.17) is 4.74 Å². The third kappa shape index (κ3) is 5.32. The van der Waals surface area contributed by atoms with Crippen LogP contribution in [0.3, 0.4) is 0 Å². The van der Waals surface area contributed by atoms with Crippen LogP contribution in [-0.2, 0) is 4.74 Å². The fraction of sp³-hybridized carbons (Fsp3) is 0.333. The quantitative estimate of drug-likeness (QED) is 0.463. The number of hydrogen-bond donors (Lipinski definition) is 0. The Kier molecular flexibility index (Phi) is 5.64. The fourth-order valence-corrected chi connectivity index (χ4v) is 4.50. The van der Waals surface area contributed by atoms with Gasteiger partial charge in [-0.15, -0.1) is 0 Å². The first-order valence-corrected chi connectivity index (χ1v) is 15.8. The van der Waals surface area contributed by atoms with E-state index < -0.39 is 18.4 Å². The molecule has 0 heterocycles. The molecule has 0 aliphatic carbocycles. The zero-order chi connectivity index (χ0) is 12.7. The molecule has 0 aliphatic rings. The van der Waals surface area contributed by atoms with Crippen molar-refractivity contribution in [1.29, 1.82) is 0 Å². The van der Waals surface area contributed by atoms with Crippen molar-refractivity contribution in [1.82, 2.24) is 0 Å². The van der Waals surface area contributed by atoms with Gasteiger partial charge in [0.25, 0.3) is 0 Å². The summed E-state index contributed by atoms with van der Waals surface area (Å²) < 4.78 is 6.58. The predicted molar refractivity (Wildman–Crippen MR) is 76.4 cm³/mol. The van der Waals surface area contributed by atoms with Crippen LogP contribution in [-0.4, -0.2) is 25.5 Å². The Balaban J connectivity index is 2.73. The van der Waals surface area contributed by atoms with Crippen molar-refractivity contribution in [3.63, 3.8) is 0 Å². The van der Waals surface area contributed by atoms with Gasteiger partial charge in [-0.05, 0) is 0 Å². The maximum absolute atomic E-state index is 5.16. The molecule has 0 aromatic heterocycles. The van der Waals surface area contributed by atoms with E-state index in [1.54, 1.807) is 7.11 Å². The van der Waals surface area contributed by atoms with Gasteiger partial charge in [-0.3, -0.25) is 0 Å². The van der Waals surface area contributed by atoms with Gasteiger partial charge in [-0.25, -0.2) is 0 Å². The van der Waals surface area contributed by atoms with Crippen molar-refractivity contribution in [2.75, 3.05) is 7.11 Å². The molecule has 0 atom stereocenters. The Labute approximate surface area is 109 Å². The molecule has 0 amide bonds. The van der Waals surface area contributed by atoms with Gasteiger partial charge in [0, 0.05) is 0 Å². The van der Waals surface area contributed by atoms with Crippen LogP contribution in [0, 0.1) is 11.8 Å². The van der Waals surface area contributed by atoms with E-state index in [0.717, 1.165) is 12.0 Å². The molecule has 0 unspecified atom stereocenters. The molecule has 1 nitrogen and oxygen atoms in total.